The molecule has 0 radical (unpaired) electrons. The van der Waals surface area contributed by atoms with Gasteiger partial charge in [-0.15, -0.1) is 0 Å². The van der Waals surface area contributed by atoms with Crippen molar-refractivity contribution in [2.24, 2.45) is 0 Å². The number of thiazole rings is 1. The smallest absolute Gasteiger partial charge is 0.350 e. The molecule has 10 nitrogen and oxygen atoms in total. The molecular weight excluding hydrogens is 470 g/mol. The Balaban J connectivity index is 1.73. The number of hydrogen-bond acceptors (Lipinski definition) is 9. The number of halogens is 1. The molecule has 2 aromatic rings. The summed E-state index contributed by atoms with van der Waals surface area (Å²) < 4.78 is 11.1. The summed E-state index contributed by atoms with van der Waals surface area (Å²) in [6.45, 7) is 7.19. The van der Waals surface area contributed by atoms with Crippen LogP contribution in [-0.4, -0.2) is 70.4 Å². The number of carbonyl (C=O) groups is 2. The van der Waals surface area contributed by atoms with E-state index >= 15 is 0 Å². The monoisotopic (exact) mass is 499 g/mol. The maximum Gasteiger partial charge on any atom is 0.350 e. The van der Waals surface area contributed by atoms with Crippen LogP contribution in [0.5, 0.6) is 0 Å². The van der Waals surface area contributed by atoms with Crippen molar-refractivity contribution in [1.82, 2.24) is 20.3 Å². The minimum Gasteiger partial charge on any atom is -0.462 e. The van der Waals surface area contributed by atoms with Gasteiger partial charge in [0, 0.05) is 19.7 Å². The van der Waals surface area contributed by atoms with Gasteiger partial charge in [0.1, 0.15) is 4.88 Å². The molecule has 3 N–H and O–H groups in total. The number of amides is 1. The molecule has 0 bridgehead atoms. The van der Waals surface area contributed by atoms with Crippen molar-refractivity contribution in [3.63, 3.8) is 0 Å². The van der Waals surface area contributed by atoms with Crippen molar-refractivity contribution < 1.29 is 24.2 Å². The Labute approximate surface area is 201 Å². The lowest BCUT2D eigenvalue weighted by Crippen LogP contribution is -2.55. The molecule has 0 aromatic carbocycles. The number of ether oxygens (including phenoxy) is 2. The van der Waals surface area contributed by atoms with Crippen molar-refractivity contribution >= 4 is 39.9 Å². The number of aliphatic hydroxyl groups excluding tert-OH is 1. The van der Waals surface area contributed by atoms with E-state index in [1.807, 2.05) is 18.7 Å². The van der Waals surface area contributed by atoms with Crippen LogP contribution in [0.1, 0.15) is 65.3 Å². The predicted octanol–water partition coefficient (Wildman–Crippen LogP) is 2.55. The van der Waals surface area contributed by atoms with Gasteiger partial charge in [0.2, 0.25) is 0 Å². The minimum atomic E-state index is -0.491. The van der Waals surface area contributed by atoms with E-state index in [-0.39, 0.29) is 37.1 Å². The number of anilines is 1. The summed E-state index contributed by atoms with van der Waals surface area (Å²) in [5.74, 6) is -0.642. The first-order valence-corrected chi connectivity index (χ1v) is 12.3. The van der Waals surface area contributed by atoms with Gasteiger partial charge >= 0.3 is 5.97 Å². The second-order valence-electron chi connectivity index (χ2n) is 7.58. The number of esters is 1. The second-order valence-corrected chi connectivity index (χ2v) is 8.92. The molecule has 3 heterocycles. The number of carbonyl (C=O) groups excluding carboxylic acids is 2. The molecule has 0 aliphatic carbocycles. The van der Waals surface area contributed by atoms with Crippen molar-refractivity contribution in [2.45, 2.75) is 58.8 Å². The van der Waals surface area contributed by atoms with E-state index in [1.165, 1.54) is 11.3 Å². The number of aromatic amines is 1. The Hall–Kier alpha value is -2.21. The Morgan fingerprint density at radius 1 is 1.33 bits per heavy atom. The van der Waals surface area contributed by atoms with Crippen LogP contribution in [0.25, 0.3) is 0 Å². The van der Waals surface area contributed by atoms with E-state index in [0.717, 1.165) is 12.1 Å². The molecule has 1 saturated heterocycles. The van der Waals surface area contributed by atoms with Gasteiger partial charge in [-0.1, -0.05) is 36.8 Å². The van der Waals surface area contributed by atoms with Gasteiger partial charge in [-0.3, -0.25) is 4.79 Å². The van der Waals surface area contributed by atoms with Gasteiger partial charge in [0.05, 0.1) is 36.7 Å². The standard InChI is InChI=1S/C21H30ClN5O5S/c1-4-9-32-15-10-27(21-25-14(11-28)16(33-21)20(30)31-6-3)8-7-13(15)24-19(29)18-23-12(5-2)17(22)26-18/h13,15,28H,4-11H2,1-3H3,(H,23,26)(H,24,29). The fraction of sp³-hybridized carbons (Fsp3) is 0.619. The average molecular weight is 500 g/mol. The largest absolute Gasteiger partial charge is 0.462 e. The SMILES string of the molecule is CCCOC1CN(c2nc(CO)c(C(=O)OCC)s2)CCC1NC(=O)c1nc(Cl)c(CC)[nH]1. The normalized spacial score (nSPS) is 18.4. The molecule has 3 rings (SSSR count). The molecule has 2 atom stereocenters. The minimum absolute atomic E-state index is 0.181. The van der Waals surface area contributed by atoms with Crippen LogP contribution in [-0.2, 0) is 22.5 Å². The second kappa shape index (κ2) is 11.8. The van der Waals surface area contributed by atoms with Gasteiger partial charge in [-0.25, -0.2) is 14.8 Å². The zero-order valence-electron chi connectivity index (χ0n) is 19.0. The molecule has 0 spiro atoms. The van der Waals surface area contributed by atoms with E-state index < -0.39 is 5.97 Å². The first-order chi connectivity index (χ1) is 15.9. The van der Waals surface area contributed by atoms with E-state index in [9.17, 15) is 14.7 Å². The third-order valence-corrected chi connectivity index (χ3v) is 6.73. The first-order valence-electron chi connectivity index (χ1n) is 11.1. The summed E-state index contributed by atoms with van der Waals surface area (Å²) in [6.07, 6.45) is 1.81. The van der Waals surface area contributed by atoms with E-state index in [4.69, 9.17) is 21.1 Å². The number of nitrogens with zero attached hydrogens (tertiary/aromatic N) is 3. The van der Waals surface area contributed by atoms with E-state index in [2.05, 4.69) is 20.3 Å². The molecule has 1 aliphatic heterocycles. The molecule has 12 heteroatoms. The molecule has 2 unspecified atom stereocenters. The molecule has 1 fully saturated rings. The summed E-state index contributed by atoms with van der Waals surface area (Å²) in [6, 6.07) is -0.226. The topological polar surface area (TPSA) is 130 Å². The molecule has 182 valence electrons. The Bertz CT molecular complexity index is 965. The van der Waals surface area contributed by atoms with Crippen LogP contribution in [0.3, 0.4) is 0 Å². The lowest BCUT2D eigenvalue weighted by atomic mass is 10.0. The highest BCUT2D eigenvalue weighted by molar-refractivity contribution is 7.17. The van der Waals surface area contributed by atoms with Crippen molar-refractivity contribution in [1.29, 1.82) is 0 Å². The number of piperidine rings is 1. The number of hydrogen-bond donors (Lipinski definition) is 3. The summed E-state index contributed by atoms with van der Waals surface area (Å²) in [7, 11) is 0. The number of aromatic nitrogens is 3. The van der Waals surface area contributed by atoms with Crippen molar-refractivity contribution in [3.05, 3.63) is 27.2 Å². The lowest BCUT2D eigenvalue weighted by molar-refractivity contribution is 0.0204. The summed E-state index contributed by atoms with van der Waals surface area (Å²) in [5.41, 5.74) is 1.02. The number of aliphatic hydroxyl groups is 1. The molecule has 2 aromatic heterocycles. The molecular formula is C21H30ClN5O5S. The van der Waals surface area contributed by atoms with Crippen LogP contribution in [0, 0.1) is 0 Å². The van der Waals surface area contributed by atoms with Gasteiger partial charge in [-0.05, 0) is 26.2 Å². The van der Waals surface area contributed by atoms with Crippen LogP contribution < -0.4 is 10.2 Å². The average Bonchev–Trinajstić information content (AvgIpc) is 3.42. The van der Waals surface area contributed by atoms with Crippen LogP contribution in [0.2, 0.25) is 5.15 Å². The number of imidazole rings is 1. The quantitative estimate of drug-likeness (QED) is 0.425. The van der Waals surface area contributed by atoms with Crippen LogP contribution in [0.15, 0.2) is 0 Å². The number of rotatable bonds is 10. The van der Waals surface area contributed by atoms with E-state index in [1.54, 1.807) is 6.92 Å². The zero-order chi connectivity index (χ0) is 24.0. The van der Waals surface area contributed by atoms with Crippen LogP contribution >= 0.6 is 22.9 Å². The fourth-order valence-corrected chi connectivity index (χ4v) is 4.87. The Morgan fingerprint density at radius 2 is 2.12 bits per heavy atom. The first kappa shape index (κ1) is 25.4. The predicted molar refractivity (Wildman–Crippen MR) is 125 cm³/mol. The molecule has 1 aliphatic rings. The Morgan fingerprint density at radius 3 is 2.76 bits per heavy atom. The summed E-state index contributed by atoms with van der Waals surface area (Å²) >= 11 is 7.27. The fourth-order valence-electron chi connectivity index (χ4n) is 3.60. The number of H-pyrrole nitrogens is 1. The number of nitrogens with one attached hydrogen (secondary N) is 2. The Kier molecular flexibility index (Phi) is 9.07. The highest BCUT2D eigenvalue weighted by Gasteiger charge is 2.34. The molecule has 33 heavy (non-hydrogen) atoms. The zero-order valence-corrected chi connectivity index (χ0v) is 20.6. The lowest BCUT2D eigenvalue weighted by Gasteiger charge is -2.38. The highest BCUT2D eigenvalue weighted by Crippen LogP contribution is 2.30. The van der Waals surface area contributed by atoms with Gasteiger partial charge in [0.25, 0.3) is 5.91 Å². The van der Waals surface area contributed by atoms with E-state index in [0.29, 0.717) is 53.4 Å². The third kappa shape index (κ3) is 6.03. The third-order valence-electron chi connectivity index (χ3n) is 5.28. The summed E-state index contributed by atoms with van der Waals surface area (Å²) in [5, 5.41) is 13.6. The van der Waals surface area contributed by atoms with Gasteiger partial charge in [-0.2, -0.15) is 0 Å². The summed E-state index contributed by atoms with van der Waals surface area (Å²) in [4.78, 5) is 38.8. The van der Waals surface area contributed by atoms with Crippen LogP contribution in [0.4, 0.5) is 5.13 Å². The number of aryl methyl sites for hydroxylation is 1. The maximum absolute atomic E-state index is 12.8. The molecule has 0 saturated carbocycles. The maximum atomic E-state index is 12.8. The molecule has 1 amide bonds. The van der Waals surface area contributed by atoms with Gasteiger partial charge in [0.15, 0.2) is 16.1 Å². The van der Waals surface area contributed by atoms with Crippen molar-refractivity contribution in [3.8, 4) is 0 Å². The van der Waals surface area contributed by atoms with Crippen molar-refractivity contribution in [2.75, 3.05) is 31.2 Å². The van der Waals surface area contributed by atoms with Gasteiger partial charge < -0.3 is 29.8 Å². The highest BCUT2D eigenvalue weighted by atomic mass is 35.5.